The average Bonchev–Trinajstić information content (AvgIpc) is 3.56. The number of thioether (sulfide) groups is 1. The molecular weight excluding hydrogens is 625 g/mol. The minimum atomic E-state index is -4.88. The van der Waals surface area contributed by atoms with Crippen LogP contribution in [0.5, 0.6) is 0 Å². The van der Waals surface area contributed by atoms with E-state index in [2.05, 4.69) is 16.0 Å². The zero-order valence-electron chi connectivity index (χ0n) is 22.1. The van der Waals surface area contributed by atoms with Gasteiger partial charge in [-0.2, -0.15) is 20.2 Å². The van der Waals surface area contributed by atoms with Crippen LogP contribution in [0.1, 0.15) is 58.3 Å². The van der Waals surface area contributed by atoms with Gasteiger partial charge in [-0.1, -0.05) is 13.3 Å². The lowest BCUT2D eigenvalue weighted by molar-refractivity contribution is -0.152. The number of carbonyl (C=O) groups is 6. The van der Waals surface area contributed by atoms with Crippen LogP contribution in [0.15, 0.2) is 0 Å². The summed E-state index contributed by atoms with van der Waals surface area (Å²) in [7, 11) is -4.88. The summed E-state index contributed by atoms with van der Waals surface area (Å²) in [5.74, 6) is -3.23. The number of imide groups is 1. The minimum Gasteiger partial charge on any atom is -0.376 e. The van der Waals surface area contributed by atoms with Crippen molar-refractivity contribution in [3.63, 3.8) is 0 Å². The van der Waals surface area contributed by atoms with Crippen LogP contribution in [-0.2, 0) is 42.5 Å². The highest BCUT2D eigenvalue weighted by Crippen LogP contribution is 2.33. The van der Waals surface area contributed by atoms with Crippen molar-refractivity contribution in [2.24, 2.45) is 0 Å². The summed E-state index contributed by atoms with van der Waals surface area (Å²) in [6.45, 7) is 1.67. The molecule has 0 saturated carbocycles. The highest BCUT2D eigenvalue weighted by Gasteiger charge is 2.50. The molecule has 5 atom stereocenters. The Bertz CT molecular complexity index is 1140. The summed E-state index contributed by atoms with van der Waals surface area (Å²) < 4.78 is 42.0. The second-order valence-electron chi connectivity index (χ2n) is 9.53. The Morgan fingerprint density at radius 1 is 1.15 bits per heavy atom. The van der Waals surface area contributed by atoms with Crippen LogP contribution in [0.25, 0.3) is 0 Å². The monoisotopic (exact) mass is 656 g/mol. The van der Waals surface area contributed by atoms with Gasteiger partial charge in [-0.05, 0) is 25.7 Å². The molecule has 19 heteroatoms. The van der Waals surface area contributed by atoms with Gasteiger partial charge >= 0.3 is 18.0 Å². The highest BCUT2D eigenvalue weighted by atomic mass is 33.1. The van der Waals surface area contributed by atoms with Gasteiger partial charge in [0.25, 0.3) is 16.0 Å². The Kier molecular flexibility index (Phi) is 12.4. The molecular formula is C22H32N4O11S4. The normalized spacial score (nSPS) is 24.4. The van der Waals surface area contributed by atoms with Gasteiger partial charge in [0.1, 0.15) is 6.04 Å². The molecule has 3 rings (SSSR count). The highest BCUT2D eigenvalue weighted by molar-refractivity contribution is 8.73. The standard InChI is InChI=1S/C22H32N4O11S4/c1-2-18(29)36-39-40-37-21(31)13(26-17(28)10-15(20(26)30)41(33,34)35)6-5-9-23-16(27)8-4-3-7-14-19-12(11-38-14)24-22(32)25-19/h12-15,19H,2-11H2,1H3,(H,23,27)(H2,24,25,32)(H,33,34,35)/t12-,13?,14-,15?,19-/m0/s1. The zero-order chi connectivity index (χ0) is 30.2. The first-order chi connectivity index (χ1) is 19.4. The number of nitrogens with zero attached hydrogens (tertiary/aromatic N) is 1. The Morgan fingerprint density at radius 2 is 1.88 bits per heavy atom. The van der Waals surface area contributed by atoms with Crippen LogP contribution in [0, 0.1) is 0 Å². The first-order valence-electron chi connectivity index (χ1n) is 12.9. The molecule has 230 valence electrons. The summed E-state index contributed by atoms with van der Waals surface area (Å²) in [5, 5.41) is 6.80. The maximum Gasteiger partial charge on any atom is 0.342 e. The fraction of sp³-hybridized carbons (Fsp3) is 0.727. The smallest absolute Gasteiger partial charge is 0.342 e. The lowest BCUT2D eigenvalue weighted by atomic mass is 10.0. The van der Waals surface area contributed by atoms with E-state index in [1.807, 2.05) is 0 Å². The molecule has 3 aliphatic rings. The predicted octanol–water partition coefficient (Wildman–Crippen LogP) is 0.700. The van der Waals surface area contributed by atoms with Crippen LogP contribution >= 0.6 is 33.9 Å². The maximum atomic E-state index is 12.7. The van der Waals surface area contributed by atoms with E-state index in [1.54, 1.807) is 18.7 Å². The molecule has 3 aliphatic heterocycles. The molecule has 5 amide bonds. The third kappa shape index (κ3) is 9.39. The van der Waals surface area contributed by atoms with Crippen LogP contribution in [0.3, 0.4) is 0 Å². The summed E-state index contributed by atoms with van der Waals surface area (Å²) in [6.07, 6.45) is 1.81. The van der Waals surface area contributed by atoms with Gasteiger partial charge in [0.05, 0.1) is 18.5 Å². The van der Waals surface area contributed by atoms with Crippen molar-refractivity contribution in [3.05, 3.63) is 0 Å². The number of hydrogen-bond donors (Lipinski definition) is 4. The molecule has 4 N–H and O–H groups in total. The third-order valence-corrected chi connectivity index (χ3v) is 10.4. The number of carbonyl (C=O) groups excluding carboxylic acids is 6. The quantitative estimate of drug-likeness (QED) is 0.0450. The number of unbranched alkanes of at least 4 members (excludes halogenated alkanes) is 1. The van der Waals surface area contributed by atoms with Crippen LogP contribution < -0.4 is 16.0 Å². The van der Waals surface area contributed by atoms with Gasteiger partial charge in [-0.25, -0.2) is 9.59 Å². The van der Waals surface area contributed by atoms with Crippen molar-refractivity contribution in [1.82, 2.24) is 20.9 Å². The molecule has 3 heterocycles. The van der Waals surface area contributed by atoms with Gasteiger partial charge in [0.15, 0.2) is 27.4 Å². The maximum absolute atomic E-state index is 12.7. The van der Waals surface area contributed by atoms with Gasteiger partial charge in [0, 0.05) is 30.4 Å². The lowest BCUT2D eigenvalue weighted by Gasteiger charge is -2.24. The van der Waals surface area contributed by atoms with Crippen molar-refractivity contribution in [1.29, 1.82) is 0 Å². The van der Waals surface area contributed by atoms with Gasteiger partial charge in [0.2, 0.25) is 11.8 Å². The Labute approximate surface area is 249 Å². The average molecular weight is 657 g/mol. The molecule has 0 bridgehead atoms. The van der Waals surface area contributed by atoms with Crippen molar-refractivity contribution in [2.45, 2.75) is 86.9 Å². The minimum absolute atomic E-state index is 0.0848. The molecule has 0 aromatic carbocycles. The lowest BCUT2D eigenvalue weighted by Crippen LogP contribution is -2.47. The fourth-order valence-electron chi connectivity index (χ4n) is 4.63. The first-order valence-corrected chi connectivity index (χ1v) is 17.5. The van der Waals surface area contributed by atoms with Gasteiger partial charge < -0.3 is 24.3 Å². The van der Waals surface area contributed by atoms with Crippen molar-refractivity contribution >= 4 is 79.7 Å². The molecule has 0 aromatic heterocycles. The first kappa shape index (κ1) is 33.3. The molecule has 0 radical (unpaired) electrons. The summed E-state index contributed by atoms with van der Waals surface area (Å²) in [6, 6.07) is -1.42. The van der Waals surface area contributed by atoms with Crippen molar-refractivity contribution in [2.75, 3.05) is 12.3 Å². The van der Waals surface area contributed by atoms with E-state index in [9.17, 15) is 41.7 Å². The van der Waals surface area contributed by atoms with E-state index < -0.39 is 51.6 Å². The SMILES string of the molecule is CCC(=O)OSSOC(=O)C(CCCNC(=O)CCCC[C@@H]1SC[C@@H]2NC(=O)N[C@@H]21)N1C(=O)CC(S(=O)(=O)O)C1=O. The fourth-order valence-corrected chi connectivity index (χ4v) is 7.92. The predicted molar refractivity (Wildman–Crippen MR) is 149 cm³/mol. The van der Waals surface area contributed by atoms with E-state index in [4.69, 9.17) is 8.37 Å². The second kappa shape index (κ2) is 15.3. The summed E-state index contributed by atoms with van der Waals surface area (Å²) in [5.41, 5.74) is 0. The molecule has 41 heavy (non-hydrogen) atoms. The third-order valence-electron chi connectivity index (χ3n) is 6.70. The van der Waals surface area contributed by atoms with E-state index in [0.717, 1.165) is 18.6 Å². The number of nitrogens with one attached hydrogen (secondary N) is 3. The summed E-state index contributed by atoms with van der Waals surface area (Å²) in [4.78, 5) is 73.2. The number of rotatable bonds is 16. The zero-order valence-corrected chi connectivity index (χ0v) is 25.3. The molecule has 3 fully saturated rings. The Balaban J connectivity index is 1.44. The number of likely N-dealkylation sites (tertiary alicyclic amines) is 1. The molecule has 0 spiro atoms. The van der Waals surface area contributed by atoms with E-state index >= 15 is 0 Å². The molecule has 2 unspecified atom stereocenters. The number of urea groups is 1. The van der Waals surface area contributed by atoms with E-state index in [-0.39, 0.29) is 56.3 Å². The van der Waals surface area contributed by atoms with Gasteiger partial charge in [-0.15, -0.1) is 0 Å². The van der Waals surface area contributed by atoms with Crippen molar-refractivity contribution < 1.29 is 50.1 Å². The Hall–Kier alpha value is -2.22. The van der Waals surface area contributed by atoms with Gasteiger partial charge in [-0.3, -0.25) is 28.6 Å². The van der Waals surface area contributed by atoms with E-state index in [1.165, 1.54) is 0 Å². The number of amides is 5. The largest absolute Gasteiger partial charge is 0.376 e. The molecule has 0 aliphatic carbocycles. The van der Waals surface area contributed by atoms with Crippen LogP contribution in [-0.4, -0.2) is 94.5 Å². The molecule has 3 saturated heterocycles. The second-order valence-corrected chi connectivity index (χ2v) is 13.8. The number of hydrogen-bond acceptors (Lipinski definition) is 13. The molecule has 0 aromatic rings. The topological polar surface area (TPSA) is 215 Å². The van der Waals surface area contributed by atoms with E-state index in [0.29, 0.717) is 38.7 Å². The molecule has 15 nitrogen and oxygen atoms in total. The number of fused-ring (bicyclic) bond motifs is 1. The summed E-state index contributed by atoms with van der Waals surface area (Å²) >= 11 is 2.63. The van der Waals surface area contributed by atoms with Crippen molar-refractivity contribution in [3.8, 4) is 0 Å². The van der Waals surface area contributed by atoms with Crippen LogP contribution in [0.4, 0.5) is 4.79 Å². The van der Waals surface area contributed by atoms with Crippen LogP contribution in [0.2, 0.25) is 0 Å². The Morgan fingerprint density at radius 3 is 2.56 bits per heavy atom.